The number of amides is 1. The van der Waals surface area contributed by atoms with Crippen molar-refractivity contribution in [2.24, 2.45) is 5.92 Å². The Bertz CT molecular complexity index is 308. The molecule has 1 heterocycles. The van der Waals surface area contributed by atoms with E-state index in [4.69, 9.17) is 0 Å². The Kier molecular flexibility index (Phi) is 5.56. The molecule has 3 rings (SSSR count). The molecule has 120 valence electrons. The molecule has 0 aromatic carbocycles. The third-order valence-corrected chi connectivity index (χ3v) is 5.84. The van der Waals surface area contributed by atoms with Gasteiger partial charge >= 0.3 is 0 Å². The highest BCUT2D eigenvalue weighted by molar-refractivity contribution is 5.80. The minimum Gasteiger partial charge on any atom is -0.336 e. The average Bonchev–Trinajstić information content (AvgIpc) is 2.58. The van der Waals surface area contributed by atoms with Gasteiger partial charge in [-0.3, -0.25) is 4.79 Å². The number of hydrogen-bond donors (Lipinski definition) is 1. The molecular weight excluding hydrogens is 260 g/mol. The van der Waals surface area contributed by atoms with E-state index >= 15 is 0 Å². The van der Waals surface area contributed by atoms with Crippen LogP contribution in [0.4, 0.5) is 0 Å². The van der Waals surface area contributed by atoms with Crippen LogP contribution in [-0.2, 0) is 4.79 Å². The van der Waals surface area contributed by atoms with Crippen LogP contribution in [0.15, 0.2) is 0 Å². The van der Waals surface area contributed by atoms with Crippen LogP contribution < -0.4 is 5.32 Å². The van der Waals surface area contributed by atoms with Crippen LogP contribution in [0.25, 0.3) is 0 Å². The summed E-state index contributed by atoms with van der Waals surface area (Å²) in [6, 6.07) is 1.10. The summed E-state index contributed by atoms with van der Waals surface area (Å²) in [4.78, 5) is 15.6. The van der Waals surface area contributed by atoms with Gasteiger partial charge in [0.2, 0.25) is 5.91 Å². The van der Waals surface area contributed by atoms with Gasteiger partial charge in [-0.1, -0.05) is 38.5 Å². The molecule has 1 amide bonds. The minimum absolute atomic E-state index is 0.252. The summed E-state index contributed by atoms with van der Waals surface area (Å²) in [5.74, 6) is 0.739. The van der Waals surface area contributed by atoms with Gasteiger partial charge in [-0.15, -0.1) is 0 Å². The van der Waals surface area contributed by atoms with Crippen molar-refractivity contribution in [1.82, 2.24) is 10.2 Å². The lowest BCUT2D eigenvalue weighted by Gasteiger charge is -2.44. The van der Waals surface area contributed by atoms with E-state index in [0.29, 0.717) is 18.0 Å². The molecule has 0 aromatic heterocycles. The van der Waals surface area contributed by atoms with Gasteiger partial charge in [-0.05, 0) is 45.1 Å². The highest BCUT2D eigenvalue weighted by Crippen LogP contribution is 2.32. The molecule has 0 bridgehead atoms. The summed E-state index contributed by atoms with van der Waals surface area (Å²) >= 11 is 0. The molecular formula is C18H32N2O. The molecule has 1 N–H and O–H groups in total. The molecule has 0 unspecified atom stereocenters. The maximum atomic E-state index is 13.2. The van der Waals surface area contributed by atoms with Gasteiger partial charge in [0, 0.05) is 18.6 Å². The summed E-state index contributed by atoms with van der Waals surface area (Å²) in [6.45, 7) is 2.01. The highest BCUT2D eigenvalue weighted by Gasteiger charge is 2.36. The summed E-state index contributed by atoms with van der Waals surface area (Å²) in [5, 5.41) is 3.43. The Morgan fingerprint density at radius 3 is 1.81 bits per heavy atom. The largest absolute Gasteiger partial charge is 0.336 e. The summed E-state index contributed by atoms with van der Waals surface area (Å²) in [7, 11) is 0. The van der Waals surface area contributed by atoms with Crippen LogP contribution in [-0.4, -0.2) is 36.0 Å². The fourth-order valence-electron chi connectivity index (χ4n) is 4.65. The quantitative estimate of drug-likeness (QED) is 0.863. The second-order valence-electron chi connectivity index (χ2n) is 7.37. The van der Waals surface area contributed by atoms with Crippen LogP contribution in [0.1, 0.15) is 77.0 Å². The van der Waals surface area contributed by atoms with Crippen molar-refractivity contribution in [2.45, 2.75) is 89.1 Å². The number of nitrogens with zero attached hydrogens (tertiary/aromatic N) is 1. The molecule has 0 aromatic rings. The number of nitrogens with one attached hydrogen (secondary N) is 1. The topological polar surface area (TPSA) is 32.3 Å². The second-order valence-corrected chi connectivity index (χ2v) is 7.37. The Labute approximate surface area is 129 Å². The van der Waals surface area contributed by atoms with Crippen molar-refractivity contribution in [3.63, 3.8) is 0 Å². The number of piperidine rings is 1. The zero-order valence-electron chi connectivity index (χ0n) is 13.5. The fourth-order valence-corrected chi connectivity index (χ4v) is 4.65. The van der Waals surface area contributed by atoms with E-state index in [0.717, 1.165) is 19.5 Å². The second kappa shape index (κ2) is 7.62. The van der Waals surface area contributed by atoms with E-state index in [9.17, 15) is 4.79 Å². The number of rotatable bonds is 3. The molecule has 1 atom stereocenters. The smallest absolute Gasteiger partial charge is 0.227 e. The molecule has 2 saturated carbocycles. The molecule has 3 fully saturated rings. The zero-order valence-corrected chi connectivity index (χ0v) is 13.5. The molecule has 3 nitrogen and oxygen atoms in total. The zero-order chi connectivity index (χ0) is 14.5. The lowest BCUT2D eigenvalue weighted by Crippen LogP contribution is -2.53. The Balaban J connectivity index is 1.71. The third kappa shape index (κ3) is 3.80. The van der Waals surface area contributed by atoms with Crippen molar-refractivity contribution < 1.29 is 4.79 Å². The lowest BCUT2D eigenvalue weighted by molar-refractivity contribution is -0.143. The Morgan fingerprint density at radius 2 is 1.33 bits per heavy atom. The summed E-state index contributed by atoms with van der Waals surface area (Å²) in [5.41, 5.74) is 0. The van der Waals surface area contributed by atoms with Crippen molar-refractivity contribution in [3.8, 4) is 0 Å². The lowest BCUT2D eigenvalue weighted by atomic mass is 9.86. The van der Waals surface area contributed by atoms with Gasteiger partial charge in [0.15, 0.2) is 0 Å². The summed E-state index contributed by atoms with van der Waals surface area (Å²) < 4.78 is 0. The fraction of sp³-hybridized carbons (Fsp3) is 0.944. The predicted molar refractivity (Wildman–Crippen MR) is 86.2 cm³/mol. The average molecular weight is 292 g/mol. The molecule has 3 heteroatoms. The summed E-state index contributed by atoms with van der Waals surface area (Å²) in [6.07, 6.45) is 15.3. The van der Waals surface area contributed by atoms with Crippen LogP contribution in [0, 0.1) is 5.92 Å². The maximum Gasteiger partial charge on any atom is 0.227 e. The maximum absolute atomic E-state index is 13.2. The molecule has 3 aliphatic rings. The van der Waals surface area contributed by atoms with Crippen molar-refractivity contribution in [3.05, 3.63) is 0 Å². The molecule has 0 radical (unpaired) electrons. The van der Waals surface area contributed by atoms with Crippen LogP contribution >= 0.6 is 0 Å². The van der Waals surface area contributed by atoms with Crippen LogP contribution in [0.3, 0.4) is 0 Å². The molecule has 1 saturated heterocycles. The van der Waals surface area contributed by atoms with E-state index in [-0.39, 0.29) is 5.92 Å². The van der Waals surface area contributed by atoms with Gasteiger partial charge in [0.05, 0.1) is 5.92 Å². The first-order valence-electron chi connectivity index (χ1n) is 9.39. The molecule has 1 aliphatic heterocycles. The SMILES string of the molecule is O=C([C@@H]1CCCNC1)N(C1CCCCC1)C1CCCCC1. The Morgan fingerprint density at radius 1 is 0.762 bits per heavy atom. The highest BCUT2D eigenvalue weighted by atomic mass is 16.2. The first kappa shape index (κ1) is 15.3. The number of hydrogen-bond acceptors (Lipinski definition) is 2. The first-order valence-corrected chi connectivity index (χ1v) is 9.39. The number of carbonyl (C=O) groups is 1. The molecule has 21 heavy (non-hydrogen) atoms. The Hall–Kier alpha value is -0.570. The van der Waals surface area contributed by atoms with E-state index in [2.05, 4.69) is 10.2 Å². The van der Waals surface area contributed by atoms with Crippen LogP contribution in [0.5, 0.6) is 0 Å². The number of carbonyl (C=O) groups excluding carboxylic acids is 1. The van der Waals surface area contributed by atoms with Gasteiger partial charge in [0.1, 0.15) is 0 Å². The molecule has 0 spiro atoms. The van der Waals surface area contributed by atoms with E-state index in [1.165, 1.54) is 70.6 Å². The van der Waals surface area contributed by atoms with E-state index < -0.39 is 0 Å². The van der Waals surface area contributed by atoms with Crippen molar-refractivity contribution in [1.29, 1.82) is 0 Å². The van der Waals surface area contributed by atoms with Crippen LogP contribution in [0.2, 0.25) is 0 Å². The third-order valence-electron chi connectivity index (χ3n) is 5.84. The van der Waals surface area contributed by atoms with Crippen molar-refractivity contribution in [2.75, 3.05) is 13.1 Å². The van der Waals surface area contributed by atoms with Gasteiger partial charge in [-0.2, -0.15) is 0 Å². The first-order chi connectivity index (χ1) is 10.4. The van der Waals surface area contributed by atoms with Crippen molar-refractivity contribution >= 4 is 5.91 Å². The molecule has 2 aliphatic carbocycles. The predicted octanol–water partition coefficient (Wildman–Crippen LogP) is 3.48. The van der Waals surface area contributed by atoms with Gasteiger partial charge in [-0.25, -0.2) is 0 Å². The van der Waals surface area contributed by atoms with E-state index in [1.807, 2.05) is 0 Å². The standard InChI is InChI=1S/C18H32N2O/c21-18(15-8-7-13-19-14-15)20(16-9-3-1-4-10-16)17-11-5-2-6-12-17/h15-17,19H,1-14H2/t15-/m1/s1. The monoisotopic (exact) mass is 292 g/mol. The minimum atomic E-state index is 0.252. The van der Waals surface area contributed by atoms with Gasteiger partial charge < -0.3 is 10.2 Å². The normalized spacial score (nSPS) is 29.2. The van der Waals surface area contributed by atoms with E-state index in [1.54, 1.807) is 0 Å². The van der Waals surface area contributed by atoms with Gasteiger partial charge in [0.25, 0.3) is 0 Å².